The second kappa shape index (κ2) is 8.67. The Labute approximate surface area is 181 Å². The van der Waals surface area contributed by atoms with Gasteiger partial charge in [-0.15, -0.1) is 0 Å². The highest BCUT2D eigenvalue weighted by Crippen LogP contribution is 2.48. The van der Waals surface area contributed by atoms with Crippen molar-refractivity contribution in [3.63, 3.8) is 0 Å². The van der Waals surface area contributed by atoms with Crippen LogP contribution in [0.25, 0.3) is 0 Å². The predicted molar refractivity (Wildman–Crippen MR) is 117 cm³/mol. The lowest BCUT2D eigenvalue weighted by atomic mass is 9.98. The molecule has 8 nitrogen and oxygen atoms in total. The van der Waals surface area contributed by atoms with Crippen LogP contribution in [0.15, 0.2) is 24.3 Å². The summed E-state index contributed by atoms with van der Waals surface area (Å²) in [4.78, 5) is 39.4. The summed E-state index contributed by atoms with van der Waals surface area (Å²) in [6.45, 7) is 5.65. The number of amides is 2. The van der Waals surface area contributed by atoms with Crippen molar-refractivity contribution in [1.82, 2.24) is 0 Å². The largest absolute Gasteiger partial charge is 0.493 e. The van der Waals surface area contributed by atoms with Gasteiger partial charge in [-0.05, 0) is 24.0 Å². The summed E-state index contributed by atoms with van der Waals surface area (Å²) in [6, 6.07) is 7.30. The number of hydrogen-bond acceptors (Lipinski definition) is 6. The van der Waals surface area contributed by atoms with Crippen LogP contribution in [0.1, 0.15) is 41.3 Å². The molecule has 2 aromatic carbocycles. The number of ether oxygens (including phenoxy) is 3. The van der Waals surface area contributed by atoms with Crippen LogP contribution in [0.3, 0.4) is 0 Å². The molecule has 1 aliphatic heterocycles. The Morgan fingerprint density at radius 3 is 2.32 bits per heavy atom. The Balaban J connectivity index is 1.97. The SMILES string of the molecule is COc1cc2c(c(OC)c1OC)C(=O)C(=O)N2CC(=O)Nc1c(C)cccc1C(C)C. The Kier molecular flexibility index (Phi) is 6.19. The fraction of sp³-hybridized carbons (Fsp3) is 0.348. The van der Waals surface area contributed by atoms with Crippen LogP contribution in [0.2, 0.25) is 0 Å². The molecule has 0 atom stereocenters. The molecule has 0 saturated heterocycles. The van der Waals surface area contributed by atoms with E-state index in [1.54, 1.807) is 0 Å². The highest BCUT2D eigenvalue weighted by atomic mass is 16.5. The summed E-state index contributed by atoms with van der Waals surface area (Å²) in [5.41, 5.74) is 2.92. The molecule has 1 N–H and O–H groups in total. The van der Waals surface area contributed by atoms with Crippen molar-refractivity contribution in [2.45, 2.75) is 26.7 Å². The Bertz CT molecular complexity index is 1060. The molecule has 2 aromatic rings. The van der Waals surface area contributed by atoms with Gasteiger partial charge >= 0.3 is 0 Å². The van der Waals surface area contributed by atoms with Crippen LogP contribution < -0.4 is 24.4 Å². The lowest BCUT2D eigenvalue weighted by Gasteiger charge is -2.21. The van der Waals surface area contributed by atoms with E-state index in [2.05, 4.69) is 5.32 Å². The van der Waals surface area contributed by atoms with Gasteiger partial charge in [0.15, 0.2) is 11.5 Å². The number of nitrogens with one attached hydrogen (secondary N) is 1. The first-order chi connectivity index (χ1) is 14.7. The molecule has 0 aliphatic carbocycles. The molecule has 0 fully saturated rings. The van der Waals surface area contributed by atoms with Crippen molar-refractivity contribution in [2.75, 3.05) is 38.1 Å². The zero-order chi connectivity index (χ0) is 22.9. The van der Waals surface area contributed by atoms with Crippen molar-refractivity contribution in [3.8, 4) is 17.2 Å². The van der Waals surface area contributed by atoms with Crippen LogP contribution in [0.4, 0.5) is 11.4 Å². The summed E-state index contributed by atoms with van der Waals surface area (Å²) in [5.74, 6) is -1.21. The molecule has 1 aliphatic rings. The van der Waals surface area contributed by atoms with Gasteiger partial charge < -0.3 is 19.5 Å². The van der Waals surface area contributed by atoms with E-state index in [9.17, 15) is 14.4 Å². The molecule has 0 aromatic heterocycles. The van der Waals surface area contributed by atoms with Crippen LogP contribution in [0.5, 0.6) is 17.2 Å². The maximum atomic E-state index is 12.9. The molecule has 2 amide bonds. The van der Waals surface area contributed by atoms with Gasteiger partial charge in [-0.25, -0.2) is 0 Å². The molecule has 0 bridgehead atoms. The highest BCUT2D eigenvalue weighted by molar-refractivity contribution is 6.53. The van der Waals surface area contributed by atoms with E-state index < -0.39 is 17.6 Å². The molecule has 31 heavy (non-hydrogen) atoms. The maximum Gasteiger partial charge on any atom is 0.300 e. The molecule has 0 unspecified atom stereocenters. The molecular formula is C23H26N2O6. The Hall–Kier alpha value is -3.55. The standard InChI is InChI=1S/C23H26N2O6/c1-12(2)14-9-7-8-13(3)19(14)24-17(26)11-25-15-10-16(29-4)21(30-5)22(31-6)18(15)20(27)23(25)28/h7-10,12H,11H2,1-6H3,(H,24,26). The van der Waals surface area contributed by atoms with Gasteiger partial charge in [-0.2, -0.15) is 0 Å². The first kappa shape index (κ1) is 22.1. The number of carbonyl (C=O) groups excluding carboxylic acids is 3. The lowest BCUT2D eigenvalue weighted by Crippen LogP contribution is -2.37. The molecule has 8 heteroatoms. The minimum Gasteiger partial charge on any atom is -0.493 e. The van der Waals surface area contributed by atoms with E-state index in [4.69, 9.17) is 14.2 Å². The van der Waals surface area contributed by atoms with Gasteiger partial charge in [0, 0.05) is 11.8 Å². The number of fused-ring (bicyclic) bond motifs is 1. The smallest absolute Gasteiger partial charge is 0.300 e. The number of benzene rings is 2. The van der Waals surface area contributed by atoms with Crippen molar-refractivity contribution in [2.24, 2.45) is 0 Å². The quantitative estimate of drug-likeness (QED) is 0.683. The topological polar surface area (TPSA) is 94.2 Å². The van der Waals surface area contributed by atoms with Crippen molar-refractivity contribution >= 4 is 29.0 Å². The van der Waals surface area contributed by atoms with E-state index in [1.165, 1.54) is 27.4 Å². The van der Waals surface area contributed by atoms with Gasteiger partial charge in [0.2, 0.25) is 11.7 Å². The summed E-state index contributed by atoms with van der Waals surface area (Å²) < 4.78 is 16.0. The van der Waals surface area contributed by atoms with Gasteiger partial charge in [0.25, 0.3) is 11.7 Å². The molecule has 3 rings (SSSR count). The Morgan fingerprint density at radius 2 is 1.74 bits per heavy atom. The number of hydrogen-bond donors (Lipinski definition) is 1. The number of ketones is 1. The third kappa shape index (κ3) is 3.81. The van der Waals surface area contributed by atoms with Crippen molar-refractivity contribution < 1.29 is 28.6 Å². The van der Waals surface area contributed by atoms with Crippen LogP contribution in [-0.2, 0) is 9.59 Å². The third-order valence-corrected chi connectivity index (χ3v) is 5.26. The number of anilines is 2. The molecule has 164 valence electrons. The summed E-state index contributed by atoms with van der Waals surface area (Å²) in [5, 5.41) is 2.90. The van der Waals surface area contributed by atoms with E-state index >= 15 is 0 Å². The molecule has 1 heterocycles. The first-order valence-electron chi connectivity index (χ1n) is 9.83. The van der Waals surface area contributed by atoms with Crippen LogP contribution in [-0.4, -0.2) is 45.5 Å². The van der Waals surface area contributed by atoms with E-state index in [1.807, 2.05) is 39.0 Å². The van der Waals surface area contributed by atoms with Crippen molar-refractivity contribution in [1.29, 1.82) is 0 Å². The second-order valence-corrected chi connectivity index (χ2v) is 7.50. The maximum absolute atomic E-state index is 12.9. The molecule has 0 radical (unpaired) electrons. The van der Waals surface area contributed by atoms with Gasteiger partial charge in [0.05, 0.1) is 32.6 Å². The van der Waals surface area contributed by atoms with Crippen molar-refractivity contribution in [3.05, 3.63) is 41.0 Å². The highest BCUT2D eigenvalue weighted by Gasteiger charge is 2.42. The minimum atomic E-state index is -0.812. The summed E-state index contributed by atoms with van der Waals surface area (Å²) in [6.07, 6.45) is 0. The summed E-state index contributed by atoms with van der Waals surface area (Å²) in [7, 11) is 4.22. The number of carbonyl (C=O) groups is 3. The first-order valence-corrected chi connectivity index (χ1v) is 9.83. The average Bonchev–Trinajstić information content (AvgIpc) is 2.97. The van der Waals surface area contributed by atoms with Crippen LogP contribution in [0, 0.1) is 6.92 Å². The lowest BCUT2D eigenvalue weighted by molar-refractivity contribution is -0.118. The van der Waals surface area contributed by atoms with E-state index in [-0.39, 0.29) is 41.0 Å². The zero-order valence-electron chi connectivity index (χ0n) is 18.5. The number of Topliss-reactive ketones (excluding diaryl/α,β-unsaturated/α-hetero) is 1. The fourth-order valence-electron chi connectivity index (χ4n) is 3.74. The molecule has 0 spiro atoms. The molecular weight excluding hydrogens is 400 g/mol. The second-order valence-electron chi connectivity index (χ2n) is 7.50. The number of methoxy groups -OCH3 is 3. The monoisotopic (exact) mass is 426 g/mol. The number of nitrogens with zero attached hydrogens (tertiary/aromatic N) is 1. The normalized spacial score (nSPS) is 12.8. The predicted octanol–water partition coefficient (Wildman–Crippen LogP) is 3.31. The molecule has 0 saturated carbocycles. The van der Waals surface area contributed by atoms with E-state index in [0.29, 0.717) is 5.69 Å². The average molecular weight is 426 g/mol. The van der Waals surface area contributed by atoms with Gasteiger partial charge in [-0.1, -0.05) is 32.0 Å². The number of para-hydroxylation sites is 1. The number of rotatable bonds is 7. The fourth-order valence-corrected chi connectivity index (χ4v) is 3.74. The Morgan fingerprint density at radius 1 is 1.06 bits per heavy atom. The summed E-state index contributed by atoms with van der Waals surface area (Å²) >= 11 is 0. The van der Waals surface area contributed by atoms with Gasteiger partial charge in [-0.3, -0.25) is 19.3 Å². The number of aryl methyl sites for hydroxylation is 1. The minimum absolute atomic E-state index is 0.0525. The zero-order valence-corrected chi connectivity index (χ0v) is 18.5. The van der Waals surface area contributed by atoms with E-state index in [0.717, 1.165) is 16.0 Å². The van der Waals surface area contributed by atoms with Crippen LogP contribution >= 0.6 is 0 Å². The van der Waals surface area contributed by atoms with Gasteiger partial charge in [0.1, 0.15) is 6.54 Å². The third-order valence-electron chi connectivity index (χ3n) is 5.26.